The molecular weight excluding hydrogens is 240 g/mol. The molecule has 0 aliphatic heterocycles. The molecule has 0 radical (unpaired) electrons. The van der Waals surface area contributed by atoms with Crippen LogP contribution in [-0.4, -0.2) is 18.2 Å². The summed E-state index contributed by atoms with van der Waals surface area (Å²) < 4.78 is 5.28. The zero-order chi connectivity index (χ0) is 13.0. The predicted octanol–water partition coefficient (Wildman–Crippen LogP) is 3.31. The SMILES string of the molecule is COc1cc(C)c(Cl)cc1CC(C)CC(=O)O. The molecule has 0 aliphatic carbocycles. The van der Waals surface area contributed by atoms with Crippen molar-refractivity contribution < 1.29 is 14.6 Å². The summed E-state index contributed by atoms with van der Waals surface area (Å²) in [5.74, 6) is 0.0407. The van der Waals surface area contributed by atoms with Gasteiger partial charge >= 0.3 is 5.97 Å². The molecule has 1 aromatic rings. The Morgan fingerprint density at radius 3 is 2.71 bits per heavy atom. The monoisotopic (exact) mass is 256 g/mol. The fourth-order valence-electron chi connectivity index (χ4n) is 1.79. The summed E-state index contributed by atoms with van der Waals surface area (Å²) in [4.78, 5) is 10.6. The number of carboxylic acids is 1. The summed E-state index contributed by atoms with van der Waals surface area (Å²) in [6.45, 7) is 3.82. The maximum absolute atomic E-state index is 10.6. The third-order valence-corrected chi connectivity index (χ3v) is 3.06. The molecule has 0 heterocycles. The topological polar surface area (TPSA) is 46.5 Å². The Hall–Kier alpha value is -1.22. The summed E-state index contributed by atoms with van der Waals surface area (Å²) in [5, 5.41) is 9.41. The summed E-state index contributed by atoms with van der Waals surface area (Å²) in [5.41, 5.74) is 1.91. The molecule has 0 saturated carbocycles. The summed E-state index contributed by atoms with van der Waals surface area (Å²) in [6.07, 6.45) is 0.796. The van der Waals surface area contributed by atoms with Crippen LogP contribution in [0.15, 0.2) is 12.1 Å². The number of halogens is 1. The number of aliphatic carboxylic acids is 1. The van der Waals surface area contributed by atoms with Crippen LogP contribution < -0.4 is 4.74 Å². The lowest BCUT2D eigenvalue weighted by Crippen LogP contribution is -2.08. The molecule has 1 rings (SSSR count). The number of rotatable bonds is 5. The van der Waals surface area contributed by atoms with Crippen LogP contribution in [0.5, 0.6) is 5.75 Å². The van der Waals surface area contributed by atoms with Crippen molar-refractivity contribution in [3.8, 4) is 5.75 Å². The molecular formula is C13H17ClO3. The maximum atomic E-state index is 10.6. The molecule has 0 spiro atoms. The van der Waals surface area contributed by atoms with Crippen LogP contribution >= 0.6 is 11.6 Å². The Morgan fingerprint density at radius 1 is 1.53 bits per heavy atom. The molecule has 0 amide bonds. The average molecular weight is 257 g/mol. The molecule has 3 nitrogen and oxygen atoms in total. The van der Waals surface area contributed by atoms with Gasteiger partial charge in [0.25, 0.3) is 0 Å². The Bertz CT molecular complexity index is 415. The van der Waals surface area contributed by atoms with Crippen LogP contribution in [0.2, 0.25) is 5.02 Å². The Kier molecular flexibility index (Phi) is 4.82. The Balaban J connectivity index is 2.89. The van der Waals surface area contributed by atoms with Gasteiger partial charge in [0.15, 0.2) is 0 Å². The first kappa shape index (κ1) is 13.8. The van der Waals surface area contributed by atoms with Gasteiger partial charge in [-0.3, -0.25) is 4.79 Å². The summed E-state index contributed by atoms with van der Waals surface area (Å²) in [7, 11) is 1.61. The van der Waals surface area contributed by atoms with E-state index in [0.717, 1.165) is 16.9 Å². The normalized spacial score (nSPS) is 12.2. The lowest BCUT2D eigenvalue weighted by Gasteiger charge is -2.14. The first-order chi connectivity index (χ1) is 7.93. The Labute approximate surface area is 106 Å². The molecule has 1 atom stereocenters. The molecule has 17 heavy (non-hydrogen) atoms. The third-order valence-electron chi connectivity index (χ3n) is 2.65. The van der Waals surface area contributed by atoms with Crippen LogP contribution in [0.25, 0.3) is 0 Å². The number of carboxylic acid groups (broad SMARTS) is 1. The van der Waals surface area contributed by atoms with E-state index in [1.54, 1.807) is 7.11 Å². The van der Waals surface area contributed by atoms with Crippen molar-refractivity contribution in [2.45, 2.75) is 26.7 Å². The standard InChI is InChI=1S/C13H17ClO3/c1-8(5-13(15)16)4-10-7-11(14)9(2)6-12(10)17-3/h6-8H,4-5H2,1-3H3,(H,15,16). The molecule has 1 unspecified atom stereocenters. The van der Waals surface area contributed by atoms with E-state index in [2.05, 4.69) is 0 Å². The largest absolute Gasteiger partial charge is 0.496 e. The van der Waals surface area contributed by atoms with Crippen molar-refractivity contribution in [3.05, 3.63) is 28.3 Å². The average Bonchev–Trinajstić information content (AvgIpc) is 2.21. The van der Waals surface area contributed by atoms with Gasteiger partial charge < -0.3 is 9.84 Å². The lowest BCUT2D eigenvalue weighted by molar-refractivity contribution is -0.137. The molecule has 0 bridgehead atoms. The van der Waals surface area contributed by atoms with E-state index in [4.69, 9.17) is 21.4 Å². The zero-order valence-corrected chi connectivity index (χ0v) is 11.0. The van der Waals surface area contributed by atoms with Crippen molar-refractivity contribution in [2.75, 3.05) is 7.11 Å². The van der Waals surface area contributed by atoms with Gasteiger partial charge in [-0.25, -0.2) is 0 Å². The summed E-state index contributed by atoms with van der Waals surface area (Å²) >= 11 is 6.06. The minimum atomic E-state index is -0.783. The maximum Gasteiger partial charge on any atom is 0.303 e. The minimum absolute atomic E-state index is 0.0557. The van der Waals surface area contributed by atoms with E-state index >= 15 is 0 Å². The zero-order valence-electron chi connectivity index (χ0n) is 10.3. The first-order valence-electron chi connectivity index (χ1n) is 5.48. The van der Waals surface area contributed by atoms with Crippen LogP contribution in [0.4, 0.5) is 0 Å². The molecule has 4 heteroatoms. The second-order valence-electron chi connectivity index (χ2n) is 4.32. The number of carbonyl (C=O) groups is 1. The second kappa shape index (κ2) is 5.92. The molecule has 0 aliphatic rings. The fraction of sp³-hybridized carbons (Fsp3) is 0.462. The highest BCUT2D eigenvalue weighted by molar-refractivity contribution is 6.31. The molecule has 0 fully saturated rings. The van der Waals surface area contributed by atoms with Gasteiger partial charge in [-0.15, -0.1) is 0 Å². The quantitative estimate of drug-likeness (QED) is 0.879. The molecule has 0 aromatic heterocycles. The summed E-state index contributed by atoms with van der Waals surface area (Å²) in [6, 6.07) is 3.74. The van der Waals surface area contributed by atoms with Crippen LogP contribution in [0.1, 0.15) is 24.5 Å². The van der Waals surface area contributed by atoms with Crippen molar-refractivity contribution in [1.29, 1.82) is 0 Å². The van der Waals surface area contributed by atoms with Gasteiger partial charge in [-0.2, -0.15) is 0 Å². The fourth-order valence-corrected chi connectivity index (χ4v) is 1.98. The van der Waals surface area contributed by atoms with Crippen LogP contribution in [0.3, 0.4) is 0 Å². The van der Waals surface area contributed by atoms with E-state index in [1.807, 2.05) is 26.0 Å². The molecule has 1 aromatic carbocycles. The van der Waals surface area contributed by atoms with Crippen molar-refractivity contribution >= 4 is 17.6 Å². The van der Waals surface area contributed by atoms with E-state index in [9.17, 15) is 4.79 Å². The minimum Gasteiger partial charge on any atom is -0.496 e. The number of ether oxygens (including phenoxy) is 1. The van der Waals surface area contributed by atoms with Crippen molar-refractivity contribution in [2.24, 2.45) is 5.92 Å². The van der Waals surface area contributed by atoms with Crippen molar-refractivity contribution in [3.63, 3.8) is 0 Å². The molecule has 1 N–H and O–H groups in total. The number of benzene rings is 1. The lowest BCUT2D eigenvalue weighted by atomic mass is 9.96. The van der Waals surface area contributed by atoms with Gasteiger partial charge in [0, 0.05) is 11.4 Å². The highest BCUT2D eigenvalue weighted by Gasteiger charge is 2.13. The van der Waals surface area contributed by atoms with Gasteiger partial charge in [-0.05, 0) is 42.5 Å². The number of methoxy groups -OCH3 is 1. The Morgan fingerprint density at radius 2 is 2.18 bits per heavy atom. The number of hydrogen-bond acceptors (Lipinski definition) is 2. The molecule has 0 saturated heterocycles. The second-order valence-corrected chi connectivity index (χ2v) is 4.73. The molecule has 94 valence electrons. The number of hydrogen-bond donors (Lipinski definition) is 1. The smallest absolute Gasteiger partial charge is 0.303 e. The van der Waals surface area contributed by atoms with E-state index in [1.165, 1.54) is 0 Å². The van der Waals surface area contributed by atoms with E-state index < -0.39 is 5.97 Å². The van der Waals surface area contributed by atoms with Crippen molar-refractivity contribution in [1.82, 2.24) is 0 Å². The predicted molar refractivity (Wildman–Crippen MR) is 67.9 cm³/mol. The van der Waals surface area contributed by atoms with Gasteiger partial charge in [0.05, 0.1) is 7.11 Å². The van der Waals surface area contributed by atoms with Crippen LogP contribution in [-0.2, 0) is 11.2 Å². The first-order valence-corrected chi connectivity index (χ1v) is 5.86. The van der Waals surface area contributed by atoms with E-state index in [0.29, 0.717) is 11.4 Å². The van der Waals surface area contributed by atoms with Gasteiger partial charge in [-0.1, -0.05) is 18.5 Å². The van der Waals surface area contributed by atoms with E-state index in [-0.39, 0.29) is 12.3 Å². The number of aryl methyl sites for hydroxylation is 1. The highest BCUT2D eigenvalue weighted by Crippen LogP contribution is 2.29. The van der Waals surface area contributed by atoms with Gasteiger partial charge in [0.1, 0.15) is 5.75 Å². The third kappa shape index (κ3) is 3.93. The highest BCUT2D eigenvalue weighted by atomic mass is 35.5. The van der Waals surface area contributed by atoms with Gasteiger partial charge in [0.2, 0.25) is 0 Å². The van der Waals surface area contributed by atoms with Crippen LogP contribution in [0, 0.1) is 12.8 Å².